The molecule has 1 aromatic rings. The largest absolute Gasteiger partial charge is 0.370 e. The molecule has 0 radical (unpaired) electrons. The summed E-state index contributed by atoms with van der Waals surface area (Å²) in [6.45, 7) is 0.571. The molecule has 1 saturated carbocycles. The summed E-state index contributed by atoms with van der Waals surface area (Å²) in [5.41, 5.74) is 7.76. The number of rotatable bonds is 3. The monoisotopic (exact) mass is 227 g/mol. The van der Waals surface area contributed by atoms with Gasteiger partial charge in [-0.05, 0) is 37.0 Å². The summed E-state index contributed by atoms with van der Waals surface area (Å²) in [5, 5.41) is 3.20. The Bertz CT molecular complexity index is 453. The summed E-state index contributed by atoms with van der Waals surface area (Å²) >= 11 is 0. The molecule has 2 rings (SSSR count). The van der Waals surface area contributed by atoms with Gasteiger partial charge in [0.25, 0.3) is 0 Å². The summed E-state index contributed by atoms with van der Waals surface area (Å²) in [6.07, 6.45) is 9.02. The van der Waals surface area contributed by atoms with Crippen molar-refractivity contribution >= 4 is 5.96 Å². The highest BCUT2D eigenvalue weighted by Gasteiger charge is 2.16. The predicted octanol–water partition coefficient (Wildman–Crippen LogP) is 1.62. The minimum absolute atomic E-state index is 0.524. The van der Waals surface area contributed by atoms with Crippen molar-refractivity contribution < 1.29 is 0 Å². The number of hydrogen-bond acceptors (Lipinski definition) is 1. The molecule has 1 aliphatic rings. The van der Waals surface area contributed by atoms with Crippen molar-refractivity contribution in [3.63, 3.8) is 0 Å². The number of guanidine groups is 1. The van der Waals surface area contributed by atoms with Crippen molar-refractivity contribution in [2.45, 2.75) is 31.8 Å². The van der Waals surface area contributed by atoms with Crippen molar-refractivity contribution in [3.05, 3.63) is 35.4 Å². The van der Waals surface area contributed by atoms with Crippen molar-refractivity contribution in [1.29, 1.82) is 0 Å². The van der Waals surface area contributed by atoms with Gasteiger partial charge in [0.1, 0.15) is 0 Å². The molecular weight excluding hydrogens is 210 g/mol. The van der Waals surface area contributed by atoms with E-state index in [1.165, 1.54) is 19.3 Å². The molecule has 0 aliphatic heterocycles. The molecule has 0 atom stereocenters. The smallest absolute Gasteiger partial charge is 0.189 e. The lowest BCUT2D eigenvalue weighted by atomic mass is 9.93. The summed E-state index contributed by atoms with van der Waals surface area (Å²) in [5.74, 6) is 3.14. The van der Waals surface area contributed by atoms with Crippen LogP contribution in [-0.4, -0.2) is 12.0 Å². The van der Waals surface area contributed by atoms with Gasteiger partial charge >= 0.3 is 0 Å². The Morgan fingerprint density at radius 1 is 1.53 bits per heavy atom. The number of nitrogens with two attached hydrogens (primary N) is 1. The van der Waals surface area contributed by atoms with Gasteiger partial charge in [-0.25, -0.2) is 4.99 Å². The standard InChI is InChI=1S/C14H17N3/c1-2-11-5-3-6-12(9-11)10-16-14(15)17-13-7-4-8-13/h1,3,5-6,9,13H,4,7-8,10H2,(H3,15,16,17). The van der Waals surface area contributed by atoms with Crippen LogP contribution in [0.3, 0.4) is 0 Å². The average Bonchev–Trinajstić information content (AvgIpc) is 2.31. The van der Waals surface area contributed by atoms with Crippen LogP contribution in [0.15, 0.2) is 29.3 Å². The topological polar surface area (TPSA) is 50.4 Å². The summed E-state index contributed by atoms with van der Waals surface area (Å²) in [4.78, 5) is 4.31. The predicted molar refractivity (Wildman–Crippen MR) is 70.5 cm³/mol. The quantitative estimate of drug-likeness (QED) is 0.468. The molecule has 0 heterocycles. The molecule has 1 aromatic carbocycles. The van der Waals surface area contributed by atoms with E-state index in [-0.39, 0.29) is 0 Å². The molecule has 0 unspecified atom stereocenters. The first-order valence-electron chi connectivity index (χ1n) is 5.90. The van der Waals surface area contributed by atoms with Crippen LogP contribution < -0.4 is 11.1 Å². The summed E-state index contributed by atoms with van der Waals surface area (Å²) < 4.78 is 0. The maximum absolute atomic E-state index is 5.80. The molecule has 17 heavy (non-hydrogen) atoms. The van der Waals surface area contributed by atoms with Crippen molar-refractivity contribution in [2.75, 3.05) is 0 Å². The molecule has 0 aromatic heterocycles. The van der Waals surface area contributed by atoms with Crippen LogP contribution >= 0.6 is 0 Å². The Labute approximate surface area is 102 Å². The van der Waals surface area contributed by atoms with E-state index < -0.39 is 0 Å². The van der Waals surface area contributed by atoms with E-state index in [4.69, 9.17) is 12.2 Å². The number of nitrogens with one attached hydrogen (secondary N) is 1. The number of terminal acetylenes is 1. The average molecular weight is 227 g/mol. The third-order valence-electron chi connectivity index (χ3n) is 2.98. The van der Waals surface area contributed by atoms with Crippen molar-refractivity contribution in [1.82, 2.24) is 5.32 Å². The van der Waals surface area contributed by atoms with Gasteiger partial charge in [-0.3, -0.25) is 0 Å². The fraction of sp³-hybridized carbons (Fsp3) is 0.357. The second-order valence-electron chi connectivity index (χ2n) is 4.32. The highest BCUT2D eigenvalue weighted by atomic mass is 15.1. The lowest BCUT2D eigenvalue weighted by Crippen LogP contribution is -2.43. The van der Waals surface area contributed by atoms with E-state index in [0.717, 1.165) is 11.1 Å². The Morgan fingerprint density at radius 2 is 2.35 bits per heavy atom. The van der Waals surface area contributed by atoms with E-state index in [1.807, 2.05) is 24.3 Å². The molecule has 0 amide bonds. The minimum Gasteiger partial charge on any atom is -0.370 e. The zero-order valence-corrected chi connectivity index (χ0v) is 9.82. The highest BCUT2D eigenvalue weighted by Crippen LogP contribution is 2.17. The van der Waals surface area contributed by atoms with Crippen LogP contribution in [0.2, 0.25) is 0 Å². The normalized spacial score (nSPS) is 16.1. The zero-order chi connectivity index (χ0) is 12.1. The van der Waals surface area contributed by atoms with E-state index in [9.17, 15) is 0 Å². The maximum Gasteiger partial charge on any atom is 0.189 e. The van der Waals surface area contributed by atoms with Crippen LogP contribution in [-0.2, 0) is 6.54 Å². The SMILES string of the molecule is C#Cc1cccc(CN=C(N)NC2CCC2)c1. The van der Waals surface area contributed by atoms with Gasteiger partial charge in [0.2, 0.25) is 0 Å². The molecule has 3 nitrogen and oxygen atoms in total. The molecule has 3 heteroatoms. The molecule has 0 bridgehead atoms. The third kappa shape index (κ3) is 3.25. The first kappa shape index (κ1) is 11.5. The number of hydrogen-bond donors (Lipinski definition) is 2. The van der Waals surface area contributed by atoms with Crippen LogP contribution in [0.1, 0.15) is 30.4 Å². The second kappa shape index (κ2) is 5.40. The molecule has 3 N–H and O–H groups in total. The van der Waals surface area contributed by atoms with Gasteiger partial charge in [-0.15, -0.1) is 6.42 Å². The lowest BCUT2D eigenvalue weighted by Gasteiger charge is -2.26. The first-order valence-corrected chi connectivity index (χ1v) is 5.90. The fourth-order valence-electron chi connectivity index (χ4n) is 1.74. The lowest BCUT2D eigenvalue weighted by molar-refractivity contribution is 0.382. The van der Waals surface area contributed by atoms with Gasteiger partial charge in [0, 0.05) is 11.6 Å². The first-order chi connectivity index (χ1) is 8.28. The second-order valence-corrected chi connectivity index (χ2v) is 4.32. The summed E-state index contributed by atoms with van der Waals surface area (Å²) in [6, 6.07) is 8.33. The van der Waals surface area contributed by atoms with Crippen molar-refractivity contribution in [2.24, 2.45) is 10.7 Å². The third-order valence-corrected chi connectivity index (χ3v) is 2.98. The van der Waals surface area contributed by atoms with E-state index >= 15 is 0 Å². The van der Waals surface area contributed by atoms with Gasteiger partial charge in [-0.1, -0.05) is 18.1 Å². The van der Waals surface area contributed by atoms with Crippen LogP contribution in [0.5, 0.6) is 0 Å². The minimum atomic E-state index is 0.524. The molecular formula is C14H17N3. The number of benzene rings is 1. The van der Waals surface area contributed by atoms with E-state index in [2.05, 4.69) is 16.2 Å². The highest BCUT2D eigenvalue weighted by molar-refractivity contribution is 5.78. The molecule has 0 saturated heterocycles. The van der Waals surface area contributed by atoms with Crippen molar-refractivity contribution in [3.8, 4) is 12.3 Å². The maximum atomic E-state index is 5.80. The summed E-state index contributed by atoms with van der Waals surface area (Å²) in [7, 11) is 0. The Kier molecular flexibility index (Phi) is 3.66. The van der Waals surface area contributed by atoms with Crippen LogP contribution in [0.25, 0.3) is 0 Å². The molecule has 88 valence electrons. The zero-order valence-electron chi connectivity index (χ0n) is 9.82. The van der Waals surface area contributed by atoms with Crippen LogP contribution in [0, 0.1) is 12.3 Å². The Hall–Kier alpha value is -1.95. The van der Waals surface area contributed by atoms with E-state index in [1.54, 1.807) is 0 Å². The van der Waals surface area contributed by atoms with E-state index in [0.29, 0.717) is 18.5 Å². The number of aliphatic imine (C=N–C) groups is 1. The fourth-order valence-corrected chi connectivity index (χ4v) is 1.74. The Balaban J connectivity index is 1.91. The number of nitrogens with zero attached hydrogens (tertiary/aromatic N) is 1. The Morgan fingerprint density at radius 3 is 3.00 bits per heavy atom. The van der Waals surface area contributed by atoms with Gasteiger partial charge in [0.05, 0.1) is 6.54 Å². The van der Waals surface area contributed by atoms with Crippen LogP contribution in [0.4, 0.5) is 0 Å². The molecule has 1 aliphatic carbocycles. The molecule has 0 spiro atoms. The van der Waals surface area contributed by atoms with Gasteiger partial charge < -0.3 is 11.1 Å². The van der Waals surface area contributed by atoms with Gasteiger partial charge in [0.15, 0.2) is 5.96 Å². The molecule has 1 fully saturated rings. The van der Waals surface area contributed by atoms with Gasteiger partial charge in [-0.2, -0.15) is 0 Å².